The van der Waals surface area contributed by atoms with Gasteiger partial charge in [0.05, 0.1) is 0 Å². The van der Waals surface area contributed by atoms with E-state index in [9.17, 15) is 19.8 Å². The van der Waals surface area contributed by atoms with Crippen LogP contribution in [0.3, 0.4) is 0 Å². The summed E-state index contributed by atoms with van der Waals surface area (Å²) < 4.78 is 0. The molecule has 0 aliphatic carbocycles. The number of hydrogen-bond acceptors (Lipinski definition) is 4. The van der Waals surface area contributed by atoms with E-state index in [-0.39, 0.29) is 50.6 Å². The van der Waals surface area contributed by atoms with Crippen LogP contribution in [0.15, 0.2) is 60.7 Å². The first-order valence-electron chi connectivity index (χ1n) is 21.9. The van der Waals surface area contributed by atoms with E-state index in [4.69, 9.17) is 0 Å². The molecule has 2 aromatic rings. The van der Waals surface area contributed by atoms with Crippen LogP contribution in [0.4, 0.5) is 0 Å². The van der Waals surface area contributed by atoms with Gasteiger partial charge in [0.2, 0.25) is 0 Å². The van der Waals surface area contributed by atoms with Crippen LogP contribution in [0, 0.1) is 0 Å². The van der Waals surface area contributed by atoms with E-state index in [1.165, 1.54) is 165 Å². The summed E-state index contributed by atoms with van der Waals surface area (Å²) in [6, 6.07) is 21.7. The standard InChI is InChI=1S/2C24H40O2.Ca/c2*1-22(23-19-15-13-16-20-23)18-14-11-9-7-5-3-2-4-6-8-10-12-17-21-24(25)26;/h2*13,15-16,19-20,22H,2-12,14,17-18,21H2,1H3,(H,25,26);/q;;+2/p-2. The molecular weight excluding hydrogens is 681 g/mol. The van der Waals surface area contributed by atoms with Crippen LogP contribution >= 0.6 is 0 Å². The Morgan fingerprint density at radius 3 is 0.811 bits per heavy atom. The predicted molar refractivity (Wildman–Crippen MR) is 224 cm³/mol. The molecule has 0 heterocycles. The number of benzene rings is 2. The van der Waals surface area contributed by atoms with Crippen LogP contribution in [-0.4, -0.2) is 49.7 Å². The Kier molecular flexibility index (Phi) is 37.9. The van der Waals surface area contributed by atoms with Crippen molar-refractivity contribution < 1.29 is 19.8 Å². The van der Waals surface area contributed by atoms with E-state index in [1.807, 2.05) is 0 Å². The van der Waals surface area contributed by atoms with Gasteiger partial charge in [-0.25, -0.2) is 0 Å². The molecule has 2 aromatic carbocycles. The molecule has 0 aromatic heterocycles. The molecule has 0 amide bonds. The summed E-state index contributed by atoms with van der Waals surface area (Å²) in [6.07, 6.45) is 36.2. The van der Waals surface area contributed by atoms with Crippen LogP contribution < -0.4 is 10.2 Å². The van der Waals surface area contributed by atoms with Crippen LogP contribution in [0.5, 0.6) is 0 Å². The molecule has 0 spiro atoms. The number of carbonyl (C=O) groups excluding carboxylic acids is 2. The minimum Gasteiger partial charge on any atom is -0.550 e. The van der Waals surface area contributed by atoms with Gasteiger partial charge in [-0.2, -0.15) is 0 Å². The molecular formula is C48H78CaO4. The smallest absolute Gasteiger partial charge is 0.550 e. The fraction of sp³-hybridized carbons (Fsp3) is 0.708. The summed E-state index contributed by atoms with van der Waals surface area (Å²) in [5.74, 6) is -0.430. The van der Waals surface area contributed by atoms with E-state index in [1.54, 1.807) is 0 Å². The molecule has 53 heavy (non-hydrogen) atoms. The largest absolute Gasteiger partial charge is 2.00 e. The Balaban J connectivity index is 0.00000100. The van der Waals surface area contributed by atoms with Crippen LogP contribution in [0.25, 0.3) is 0 Å². The zero-order chi connectivity index (χ0) is 37.7. The molecule has 4 nitrogen and oxygen atoms in total. The van der Waals surface area contributed by atoms with Crippen molar-refractivity contribution in [2.45, 2.75) is 218 Å². The molecule has 5 heteroatoms. The normalized spacial score (nSPS) is 12.0. The van der Waals surface area contributed by atoms with Crippen molar-refractivity contribution in [3.63, 3.8) is 0 Å². The molecule has 0 saturated heterocycles. The Hall–Kier alpha value is -1.36. The fourth-order valence-electron chi connectivity index (χ4n) is 7.23. The first kappa shape index (κ1) is 51.6. The van der Waals surface area contributed by atoms with Gasteiger partial charge in [-0.3, -0.25) is 0 Å². The molecule has 296 valence electrons. The minimum atomic E-state index is -0.907. The van der Waals surface area contributed by atoms with Gasteiger partial charge in [-0.15, -0.1) is 0 Å². The number of aliphatic carboxylic acids is 2. The van der Waals surface area contributed by atoms with Crippen molar-refractivity contribution in [3.8, 4) is 0 Å². The van der Waals surface area contributed by atoms with E-state index in [0.717, 1.165) is 25.7 Å². The van der Waals surface area contributed by atoms with Crippen molar-refractivity contribution in [3.05, 3.63) is 71.8 Å². The maximum absolute atomic E-state index is 10.3. The van der Waals surface area contributed by atoms with Crippen molar-refractivity contribution in [2.24, 2.45) is 0 Å². The molecule has 2 rings (SSSR count). The average molecular weight is 759 g/mol. The molecule has 0 radical (unpaired) electrons. The summed E-state index contributed by atoms with van der Waals surface area (Å²) in [4.78, 5) is 20.6. The van der Waals surface area contributed by atoms with E-state index in [0.29, 0.717) is 11.8 Å². The Morgan fingerprint density at radius 2 is 0.585 bits per heavy atom. The van der Waals surface area contributed by atoms with E-state index in [2.05, 4.69) is 74.5 Å². The molecule has 0 fully saturated rings. The molecule has 0 saturated carbocycles. The monoisotopic (exact) mass is 759 g/mol. The molecule has 0 bridgehead atoms. The molecule has 0 N–H and O–H groups in total. The maximum atomic E-state index is 10.3. The second kappa shape index (κ2) is 38.9. The topological polar surface area (TPSA) is 80.3 Å². The Morgan fingerprint density at radius 1 is 0.377 bits per heavy atom. The number of carboxylic acid groups (broad SMARTS) is 2. The third kappa shape index (κ3) is 34.8. The van der Waals surface area contributed by atoms with Crippen molar-refractivity contribution in [1.29, 1.82) is 0 Å². The number of carboxylic acids is 2. The number of carbonyl (C=O) groups is 2. The van der Waals surface area contributed by atoms with Crippen molar-refractivity contribution in [1.82, 2.24) is 0 Å². The number of hydrogen-bond donors (Lipinski definition) is 0. The van der Waals surface area contributed by atoms with Gasteiger partial charge in [0.25, 0.3) is 0 Å². The molecule has 2 unspecified atom stereocenters. The molecule has 0 aliphatic heterocycles. The zero-order valence-electron chi connectivity index (χ0n) is 34.5. The minimum absolute atomic E-state index is 0. The van der Waals surface area contributed by atoms with Gasteiger partial charge in [0.15, 0.2) is 0 Å². The van der Waals surface area contributed by atoms with Gasteiger partial charge < -0.3 is 19.8 Å². The number of rotatable bonds is 34. The second-order valence-electron chi connectivity index (χ2n) is 15.6. The first-order chi connectivity index (χ1) is 25.4. The van der Waals surface area contributed by atoms with Crippen molar-refractivity contribution >= 4 is 49.7 Å². The maximum Gasteiger partial charge on any atom is 2.00 e. The Bertz CT molecular complexity index is 974. The van der Waals surface area contributed by atoms with Crippen LogP contribution in [0.2, 0.25) is 0 Å². The predicted octanol–water partition coefficient (Wildman–Crippen LogP) is 12.4. The molecule has 2 atom stereocenters. The molecule has 0 aliphatic rings. The van der Waals surface area contributed by atoms with Gasteiger partial charge in [-0.05, 0) is 61.5 Å². The van der Waals surface area contributed by atoms with Gasteiger partial charge >= 0.3 is 37.7 Å². The van der Waals surface area contributed by atoms with Crippen LogP contribution in [-0.2, 0) is 9.59 Å². The van der Waals surface area contributed by atoms with Gasteiger partial charge in [-0.1, -0.05) is 229 Å². The summed E-state index contributed by atoms with van der Waals surface area (Å²) >= 11 is 0. The van der Waals surface area contributed by atoms with Crippen molar-refractivity contribution in [2.75, 3.05) is 0 Å². The van der Waals surface area contributed by atoms with Gasteiger partial charge in [0.1, 0.15) is 0 Å². The third-order valence-corrected chi connectivity index (χ3v) is 10.8. The summed E-state index contributed by atoms with van der Waals surface area (Å²) in [5.41, 5.74) is 2.96. The Labute approximate surface area is 357 Å². The SMILES string of the molecule is CC(CCCCCCCCCCCCCCCC(=O)[O-])c1ccccc1.CC(CCCCCCCCCCCCCCCC(=O)[O-])c1ccccc1.[Ca+2]. The third-order valence-electron chi connectivity index (χ3n) is 10.8. The summed E-state index contributed by atoms with van der Waals surface area (Å²) in [7, 11) is 0. The fourth-order valence-corrected chi connectivity index (χ4v) is 7.23. The number of unbranched alkanes of at least 4 members (excludes halogenated alkanes) is 24. The van der Waals surface area contributed by atoms with Crippen LogP contribution in [0.1, 0.15) is 229 Å². The average Bonchev–Trinajstić information content (AvgIpc) is 3.15. The quantitative estimate of drug-likeness (QED) is 0.0526. The second-order valence-corrected chi connectivity index (χ2v) is 15.6. The summed E-state index contributed by atoms with van der Waals surface area (Å²) in [6.45, 7) is 4.69. The zero-order valence-corrected chi connectivity index (χ0v) is 36.7. The van der Waals surface area contributed by atoms with E-state index < -0.39 is 11.9 Å². The first-order valence-corrected chi connectivity index (χ1v) is 21.9. The van der Waals surface area contributed by atoms with E-state index >= 15 is 0 Å². The summed E-state index contributed by atoms with van der Waals surface area (Å²) in [5, 5.41) is 20.6. The van der Waals surface area contributed by atoms with Gasteiger partial charge in [0, 0.05) is 11.9 Å².